The fourth-order valence-corrected chi connectivity index (χ4v) is 4.30. The van der Waals surface area contributed by atoms with Crippen LogP contribution in [0.1, 0.15) is 64.1 Å². The van der Waals surface area contributed by atoms with Gasteiger partial charge in [0.25, 0.3) is 0 Å². The highest BCUT2D eigenvalue weighted by molar-refractivity contribution is 5.79. The predicted molar refractivity (Wildman–Crippen MR) is 111 cm³/mol. The van der Waals surface area contributed by atoms with Crippen molar-refractivity contribution in [2.75, 3.05) is 13.1 Å². The van der Waals surface area contributed by atoms with Crippen LogP contribution in [0, 0.1) is 5.92 Å². The molecule has 2 aromatic rings. The fourth-order valence-electron chi connectivity index (χ4n) is 4.30. The van der Waals surface area contributed by atoms with Crippen LogP contribution in [0.25, 0.3) is 5.69 Å². The first-order valence-electron chi connectivity index (χ1n) is 10.6. The summed E-state index contributed by atoms with van der Waals surface area (Å²) in [5.41, 5.74) is 0.688. The number of piperidine rings is 1. The van der Waals surface area contributed by atoms with E-state index in [-0.39, 0.29) is 23.4 Å². The van der Waals surface area contributed by atoms with Crippen molar-refractivity contribution < 1.29 is 4.79 Å². The average Bonchev–Trinajstić information content (AvgIpc) is 3.02. The van der Waals surface area contributed by atoms with Crippen molar-refractivity contribution in [2.24, 2.45) is 13.0 Å². The minimum Gasteiger partial charge on any atom is -0.342 e. The highest BCUT2D eigenvalue weighted by Crippen LogP contribution is 2.28. The molecule has 1 unspecified atom stereocenters. The van der Waals surface area contributed by atoms with E-state index >= 15 is 0 Å². The van der Waals surface area contributed by atoms with Gasteiger partial charge in [0, 0.05) is 32.0 Å². The Bertz CT molecular complexity index is 834. The van der Waals surface area contributed by atoms with Gasteiger partial charge < -0.3 is 4.90 Å². The topological polar surface area (TPSA) is 60.1 Å². The molecule has 1 saturated heterocycles. The minimum absolute atomic E-state index is 0.0794. The second-order valence-electron chi connectivity index (χ2n) is 7.83. The zero-order valence-electron chi connectivity index (χ0n) is 17.3. The number of carbonyl (C=O) groups excluding carboxylic acids is 1. The van der Waals surface area contributed by atoms with Gasteiger partial charge in [-0.25, -0.2) is 14.0 Å². The maximum absolute atomic E-state index is 13.1. The summed E-state index contributed by atoms with van der Waals surface area (Å²) in [6.45, 7) is 5.73. The van der Waals surface area contributed by atoms with Crippen molar-refractivity contribution in [3.8, 4) is 5.69 Å². The molecule has 0 bridgehead atoms. The van der Waals surface area contributed by atoms with E-state index in [1.54, 1.807) is 11.6 Å². The Hall–Kier alpha value is -2.37. The van der Waals surface area contributed by atoms with Crippen LogP contribution in [-0.2, 0) is 11.8 Å². The molecule has 1 aromatic heterocycles. The van der Waals surface area contributed by atoms with E-state index in [0.29, 0.717) is 6.54 Å². The highest BCUT2D eigenvalue weighted by Gasteiger charge is 2.32. The summed E-state index contributed by atoms with van der Waals surface area (Å²) in [5.74, 6) is 1.24. The van der Waals surface area contributed by atoms with Gasteiger partial charge in [-0.05, 0) is 37.8 Å². The molecule has 1 fully saturated rings. The number of aryl methyl sites for hydroxylation is 1. The average molecular weight is 385 g/mol. The number of benzene rings is 1. The van der Waals surface area contributed by atoms with Gasteiger partial charge in [0.15, 0.2) is 0 Å². The summed E-state index contributed by atoms with van der Waals surface area (Å²) >= 11 is 0. The largest absolute Gasteiger partial charge is 0.350 e. The molecule has 0 aliphatic carbocycles. The number of likely N-dealkylation sites (tertiary alicyclic amines) is 1. The van der Waals surface area contributed by atoms with Gasteiger partial charge >= 0.3 is 5.69 Å². The van der Waals surface area contributed by atoms with Crippen LogP contribution in [0.5, 0.6) is 0 Å². The molecule has 152 valence electrons. The van der Waals surface area contributed by atoms with Gasteiger partial charge in [-0.1, -0.05) is 44.9 Å². The Morgan fingerprint density at radius 2 is 1.86 bits per heavy atom. The van der Waals surface area contributed by atoms with Gasteiger partial charge in [-0.3, -0.25) is 4.79 Å². The Morgan fingerprint density at radius 3 is 2.50 bits per heavy atom. The number of hydrogen-bond acceptors (Lipinski definition) is 3. The SMILES string of the molecule is CCCC(CCC)C(=O)N1CCCC(c2nn(C)c(=O)n2-c2ccccc2)C1. The smallest absolute Gasteiger partial charge is 0.342 e. The summed E-state index contributed by atoms with van der Waals surface area (Å²) in [7, 11) is 1.69. The third-order valence-corrected chi connectivity index (χ3v) is 5.69. The van der Waals surface area contributed by atoms with E-state index < -0.39 is 0 Å². The molecule has 3 rings (SSSR count). The molecule has 1 aliphatic heterocycles. The number of nitrogens with zero attached hydrogens (tertiary/aromatic N) is 4. The minimum atomic E-state index is -0.139. The second kappa shape index (κ2) is 9.22. The molecule has 1 aliphatic rings. The van der Waals surface area contributed by atoms with E-state index in [4.69, 9.17) is 0 Å². The summed E-state index contributed by atoms with van der Waals surface area (Å²) in [6, 6.07) is 9.64. The highest BCUT2D eigenvalue weighted by atomic mass is 16.2. The molecular formula is C22H32N4O2. The number of hydrogen-bond donors (Lipinski definition) is 0. The first kappa shape index (κ1) is 20.4. The normalized spacial score (nSPS) is 17.3. The van der Waals surface area contributed by atoms with Crippen LogP contribution in [-0.4, -0.2) is 38.2 Å². The summed E-state index contributed by atoms with van der Waals surface area (Å²) in [4.78, 5) is 27.8. The molecule has 1 amide bonds. The Kier molecular flexibility index (Phi) is 6.70. The molecule has 1 aromatic carbocycles. The van der Waals surface area contributed by atoms with Gasteiger partial charge in [0.05, 0.1) is 5.69 Å². The van der Waals surface area contributed by atoms with E-state index in [9.17, 15) is 9.59 Å². The van der Waals surface area contributed by atoms with Crippen molar-refractivity contribution in [3.63, 3.8) is 0 Å². The van der Waals surface area contributed by atoms with Crippen LogP contribution in [0.4, 0.5) is 0 Å². The molecule has 1 atom stereocenters. The zero-order valence-corrected chi connectivity index (χ0v) is 17.3. The lowest BCUT2D eigenvalue weighted by Gasteiger charge is -2.34. The number of para-hydroxylation sites is 1. The van der Waals surface area contributed by atoms with Crippen LogP contribution in [0.3, 0.4) is 0 Å². The molecule has 0 radical (unpaired) electrons. The predicted octanol–water partition coefficient (Wildman–Crippen LogP) is 3.49. The molecular weight excluding hydrogens is 352 g/mol. The van der Waals surface area contributed by atoms with E-state index in [0.717, 1.165) is 56.6 Å². The van der Waals surface area contributed by atoms with Gasteiger partial charge in [0.1, 0.15) is 5.82 Å². The zero-order chi connectivity index (χ0) is 20.1. The lowest BCUT2D eigenvalue weighted by atomic mass is 9.92. The summed E-state index contributed by atoms with van der Waals surface area (Å²) in [5, 5.41) is 4.55. The third-order valence-electron chi connectivity index (χ3n) is 5.69. The number of aromatic nitrogens is 3. The number of carbonyl (C=O) groups is 1. The second-order valence-corrected chi connectivity index (χ2v) is 7.83. The van der Waals surface area contributed by atoms with Gasteiger partial charge in [0.2, 0.25) is 5.91 Å². The van der Waals surface area contributed by atoms with Crippen molar-refractivity contribution in [3.05, 3.63) is 46.6 Å². The van der Waals surface area contributed by atoms with Gasteiger partial charge in [-0.2, -0.15) is 5.10 Å². The van der Waals surface area contributed by atoms with Gasteiger partial charge in [-0.15, -0.1) is 0 Å². The van der Waals surface area contributed by atoms with E-state index in [2.05, 4.69) is 18.9 Å². The standard InChI is InChI=1S/C22H32N4O2/c1-4-10-17(11-5-2)21(27)25-15-9-12-18(16-25)20-23-24(3)22(28)26(20)19-13-7-6-8-14-19/h6-8,13-14,17-18H,4-5,9-12,15-16H2,1-3H3. The van der Waals surface area contributed by atoms with Crippen LogP contribution in [0.2, 0.25) is 0 Å². The van der Waals surface area contributed by atoms with Crippen molar-refractivity contribution in [2.45, 2.75) is 58.3 Å². The summed E-state index contributed by atoms with van der Waals surface area (Å²) < 4.78 is 3.11. The first-order valence-corrected chi connectivity index (χ1v) is 10.6. The number of rotatable bonds is 7. The fraction of sp³-hybridized carbons (Fsp3) is 0.591. The number of amides is 1. The van der Waals surface area contributed by atoms with E-state index in [1.807, 2.05) is 35.2 Å². The molecule has 2 heterocycles. The summed E-state index contributed by atoms with van der Waals surface area (Å²) in [6.07, 6.45) is 5.85. The van der Waals surface area contributed by atoms with Crippen molar-refractivity contribution in [1.29, 1.82) is 0 Å². The molecule has 28 heavy (non-hydrogen) atoms. The molecule has 6 nitrogen and oxygen atoms in total. The molecule has 6 heteroatoms. The van der Waals surface area contributed by atoms with Crippen LogP contribution in [0.15, 0.2) is 35.1 Å². The maximum atomic E-state index is 13.1. The Labute approximate surface area is 167 Å². The maximum Gasteiger partial charge on any atom is 0.350 e. The van der Waals surface area contributed by atoms with Crippen molar-refractivity contribution in [1.82, 2.24) is 19.2 Å². The lowest BCUT2D eigenvalue weighted by Crippen LogP contribution is -2.43. The van der Waals surface area contributed by atoms with Crippen LogP contribution < -0.4 is 5.69 Å². The van der Waals surface area contributed by atoms with E-state index in [1.165, 1.54) is 4.68 Å². The third kappa shape index (κ3) is 4.21. The quantitative estimate of drug-likeness (QED) is 0.734. The van der Waals surface area contributed by atoms with Crippen molar-refractivity contribution >= 4 is 5.91 Å². The first-order chi connectivity index (χ1) is 13.6. The monoisotopic (exact) mass is 384 g/mol. The Morgan fingerprint density at radius 1 is 1.18 bits per heavy atom. The lowest BCUT2D eigenvalue weighted by molar-refractivity contribution is -0.137. The molecule has 0 spiro atoms. The molecule has 0 saturated carbocycles. The Balaban J connectivity index is 1.86. The van der Waals surface area contributed by atoms with Crippen LogP contribution >= 0.6 is 0 Å². The molecule has 0 N–H and O–H groups in total.